The highest BCUT2D eigenvalue weighted by atomic mass is 35.5. The average Bonchev–Trinajstić information content (AvgIpc) is 3.16. The van der Waals surface area contributed by atoms with E-state index in [1.54, 1.807) is 45.0 Å². The van der Waals surface area contributed by atoms with Gasteiger partial charge < -0.3 is 4.74 Å². The Hall–Kier alpha value is -3.15. The Morgan fingerprint density at radius 3 is 2.86 bits per heavy atom. The van der Waals surface area contributed by atoms with E-state index in [-0.39, 0.29) is 17.7 Å². The summed E-state index contributed by atoms with van der Waals surface area (Å²) in [6.45, 7) is 5.37. The molecule has 0 atom stereocenters. The summed E-state index contributed by atoms with van der Waals surface area (Å²) in [6.07, 6.45) is 1.40. The number of aliphatic imine (C=N–C) groups is 1. The van der Waals surface area contributed by atoms with Crippen LogP contribution < -0.4 is 5.56 Å². The molecule has 3 rings (SSSR count). The summed E-state index contributed by atoms with van der Waals surface area (Å²) in [6, 6.07) is 8.96. The summed E-state index contributed by atoms with van der Waals surface area (Å²) in [5.74, 6) is -0.492. The van der Waals surface area contributed by atoms with Crippen LogP contribution in [0, 0.1) is 25.2 Å². The molecule has 148 valence electrons. The summed E-state index contributed by atoms with van der Waals surface area (Å²) in [7, 11) is 0. The monoisotopic (exact) mass is 428 g/mol. The molecule has 0 saturated heterocycles. The van der Waals surface area contributed by atoms with Crippen molar-refractivity contribution in [1.82, 2.24) is 9.78 Å². The van der Waals surface area contributed by atoms with Gasteiger partial charge in [0, 0.05) is 16.9 Å². The molecule has 2 heterocycles. The van der Waals surface area contributed by atoms with Crippen molar-refractivity contribution in [3.8, 4) is 11.8 Å². The third kappa shape index (κ3) is 4.01. The van der Waals surface area contributed by atoms with Crippen LogP contribution in [0.25, 0.3) is 5.69 Å². The lowest BCUT2D eigenvalue weighted by molar-refractivity contribution is 0.0531. The van der Waals surface area contributed by atoms with Crippen LogP contribution in [0.3, 0.4) is 0 Å². The van der Waals surface area contributed by atoms with Gasteiger partial charge in [-0.3, -0.25) is 9.89 Å². The molecule has 0 fully saturated rings. The number of aryl methyl sites for hydroxylation is 1. The third-order valence-electron chi connectivity index (χ3n) is 4.20. The van der Waals surface area contributed by atoms with E-state index in [1.807, 2.05) is 0 Å². The van der Waals surface area contributed by atoms with Gasteiger partial charge in [0.2, 0.25) is 0 Å². The first-order valence-electron chi connectivity index (χ1n) is 8.69. The lowest BCUT2D eigenvalue weighted by Crippen LogP contribution is -2.17. The molecule has 0 amide bonds. The maximum absolute atomic E-state index is 12.8. The van der Waals surface area contributed by atoms with Crippen LogP contribution in [0.5, 0.6) is 0 Å². The number of esters is 1. The van der Waals surface area contributed by atoms with Crippen molar-refractivity contribution < 1.29 is 9.53 Å². The lowest BCUT2D eigenvalue weighted by atomic mass is 10.2. The molecule has 0 spiro atoms. The molecule has 1 N–H and O–H groups in total. The number of aromatic amines is 1. The topological polar surface area (TPSA) is 100 Å². The van der Waals surface area contributed by atoms with Crippen LogP contribution in [-0.4, -0.2) is 28.6 Å². The second-order valence-corrected chi connectivity index (χ2v) is 7.53. The molecule has 0 aliphatic carbocycles. The summed E-state index contributed by atoms with van der Waals surface area (Å²) in [4.78, 5) is 29.5. The molecule has 29 heavy (non-hydrogen) atoms. The van der Waals surface area contributed by atoms with Crippen LogP contribution in [0.15, 0.2) is 34.1 Å². The molecule has 3 aromatic rings. The second kappa shape index (κ2) is 8.47. The van der Waals surface area contributed by atoms with Crippen molar-refractivity contribution in [1.29, 1.82) is 5.26 Å². The SMILES string of the molecule is CCOC(=O)c1sc(N=Cc2c(C)[nH]n(-c3cccc(Cl)c3)c2=O)c(C#N)c1C. The summed E-state index contributed by atoms with van der Waals surface area (Å²) in [5.41, 5.74) is 2.06. The van der Waals surface area contributed by atoms with Crippen molar-refractivity contribution in [2.45, 2.75) is 20.8 Å². The van der Waals surface area contributed by atoms with Crippen LogP contribution in [-0.2, 0) is 4.74 Å². The maximum Gasteiger partial charge on any atom is 0.348 e. The predicted octanol–water partition coefficient (Wildman–Crippen LogP) is 4.30. The summed E-state index contributed by atoms with van der Waals surface area (Å²) < 4.78 is 6.40. The van der Waals surface area contributed by atoms with E-state index in [0.29, 0.717) is 37.4 Å². The number of rotatable bonds is 5. The highest BCUT2D eigenvalue weighted by Crippen LogP contribution is 2.35. The first-order chi connectivity index (χ1) is 13.9. The average molecular weight is 429 g/mol. The fraction of sp³-hybridized carbons (Fsp3) is 0.200. The quantitative estimate of drug-likeness (QED) is 0.483. The molecule has 1 aromatic carbocycles. The number of H-pyrrole nitrogens is 1. The van der Waals surface area contributed by atoms with Crippen LogP contribution in [0.1, 0.15) is 39.0 Å². The number of aromatic nitrogens is 2. The molecule has 0 bridgehead atoms. The zero-order valence-corrected chi connectivity index (χ0v) is 17.5. The fourth-order valence-corrected chi connectivity index (χ4v) is 3.93. The van der Waals surface area contributed by atoms with Gasteiger partial charge in [-0.25, -0.2) is 14.5 Å². The van der Waals surface area contributed by atoms with Gasteiger partial charge in [-0.15, -0.1) is 11.3 Å². The molecular formula is C20H17ClN4O3S. The van der Waals surface area contributed by atoms with Crippen LogP contribution >= 0.6 is 22.9 Å². The fourth-order valence-electron chi connectivity index (χ4n) is 2.74. The van der Waals surface area contributed by atoms with E-state index < -0.39 is 5.97 Å². The van der Waals surface area contributed by atoms with Gasteiger partial charge in [0.05, 0.1) is 23.4 Å². The number of halogens is 1. The van der Waals surface area contributed by atoms with Gasteiger partial charge in [0.25, 0.3) is 5.56 Å². The number of hydrogen-bond donors (Lipinski definition) is 1. The molecule has 7 nitrogen and oxygen atoms in total. The number of thiophene rings is 1. The standard InChI is InChI=1S/C20H17ClN4O3S/c1-4-28-20(27)17-11(2)15(9-22)18(29-17)23-10-16-12(3)24-25(19(16)26)14-7-5-6-13(21)8-14/h5-8,10,24H,4H2,1-3H3. The number of benzene rings is 1. The van der Waals surface area contributed by atoms with Crippen molar-refractivity contribution in [2.24, 2.45) is 4.99 Å². The minimum absolute atomic E-state index is 0.238. The summed E-state index contributed by atoms with van der Waals surface area (Å²) >= 11 is 7.07. The Morgan fingerprint density at radius 2 is 2.21 bits per heavy atom. The predicted molar refractivity (Wildman–Crippen MR) is 113 cm³/mol. The van der Waals surface area contributed by atoms with Crippen molar-refractivity contribution in [3.05, 3.63) is 66.9 Å². The number of hydrogen-bond acceptors (Lipinski definition) is 6. The molecular weight excluding hydrogens is 412 g/mol. The number of nitrogens with one attached hydrogen (secondary N) is 1. The van der Waals surface area contributed by atoms with Crippen molar-refractivity contribution in [3.63, 3.8) is 0 Å². The highest BCUT2D eigenvalue weighted by molar-refractivity contribution is 7.18. The van der Waals surface area contributed by atoms with Crippen LogP contribution in [0.2, 0.25) is 5.02 Å². The maximum atomic E-state index is 12.8. The van der Waals surface area contributed by atoms with E-state index in [1.165, 1.54) is 10.9 Å². The molecule has 2 aromatic heterocycles. The van der Waals surface area contributed by atoms with E-state index in [9.17, 15) is 14.9 Å². The van der Waals surface area contributed by atoms with Crippen LogP contribution in [0.4, 0.5) is 5.00 Å². The van der Waals surface area contributed by atoms with Gasteiger partial charge in [-0.2, -0.15) is 5.26 Å². The normalized spacial score (nSPS) is 11.0. The van der Waals surface area contributed by atoms with Gasteiger partial charge in [0.1, 0.15) is 15.9 Å². The zero-order chi connectivity index (χ0) is 21.1. The Kier molecular flexibility index (Phi) is 6.01. The highest BCUT2D eigenvalue weighted by Gasteiger charge is 2.21. The van der Waals surface area contributed by atoms with Crippen molar-refractivity contribution in [2.75, 3.05) is 6.61 Å². The Bertz CT molecular complexity index is 1210. The Labute approximate surface area is 175 Å². The van der Waals surface area contributed by atoms with Gasteiger partial charge in [-0.1, -0.05) is 17.7 Å². The first kappa shape index (κ1) is 20.6. The number of ether oxygens (including phenoxy) is 1. The van der Waals surface area contributed by atoms with E-state index in [2.05, 4.69) is 16.2 Å². The minimum Gasteiger partial charge on any atom is -0.462 e. The number of carbonyl (C=O) groups excluding carboxylic acids is 1. The molecule has 0 radical (unpaired) electrons. The van der Waals surface area contributed by atoms with E-state index in [0.717, 1.165) is 11.3 Å². The van der Waals surface area contributed by atoms with Gasteiger partial charge in [-0.05, 0) is 44.5 Å². The molecule has 0 unspecified atom stereocenters. The molecule has 0 aliphatic rings. The largest absolute Gasteiger partial charge is 0.462 e. The van der Waals surface area contributed by atoms with E-state index >= 15 is 0 Å². The zero-order valence-electron chi connectivity index (χ0n) is 15.9. The Morgan fingerprint density at radius 1 is 1.45 bits per heavy atom. The first-order valence-corrected chi connectivity index (χ1v) is 9.89. The lowest BCUT2D eigenvalue weighted by Gasteiger charge is -2.01. The summed E-state index contributed by atoms with van der Waals surface area (Å²) in [5, 5.41) is 13.3. The Balaban J connectivity index is 2.01. The molecule has 0 aliphatic heterocycles. The number of carbonyl (C=O) groups is 1. The molecule has 9 heteroatoms. The second-order valence-electron chi connectivity index (χ2n) is 6.10. The third-order valence-corrected chi connectivity index (χ3v) is 5.61. The van der Waals surface area contributed by atoms with Gasteiger partial charge >= 0.3 is 5.97 Å². The minimum atomic E-state index is -0.492. The van der Waals surface area contributed by atoms with Crippen molar-refractivity contribution >= 4 is 40.1 Å². The number of nitrogens with zero attached hydrogens (tertiary/aromatic N) is 3. The molecule has 0 saturated carbocycles. The van der Waals surface area contributed by atoms with Gasteiger partial charge in [0.15, 0.2) is 0 Å². The van der Waals surface area contributed by atoms with E-state index in [4.69, 9.17) is 16.3 Å². The number of nitriles is 1. The smallest absolute Gasteiger partial charge is 0.348 e.